The summed E-state index contributed by atoms with van der Waals surface area (Å²) in [6.45, 7) is 4.17. The summed E-state index contributed by atoms with van der Waals surface area (Å²) in [6.07, 6.45) is 3.04. The molecule has 2 atom stereocenters. The average Bonchev–Trinajstić information content (AvgIpc) is 2.42. The number of carbonyl (C=O) groups is 2. The minimum Gasteiger partial charge on any atom is -0.343 e. The van der Waals surface area contributed by atoms with E-state index in [-0.39, 0.29) is 17.9 Å². The highest BCUT2D eigenvalue weighted by molar-refractivity contribution is 5.96. The van der Waals surface area contributed by atoms with Gasteiger partial charge >= 0.3 is 0 Å². The van der Waals surface area contributed by atoms with Crippen LogP contribution in [0.4, 0.5) is 0 Å². The van der Waals surface area contributed by atoms with Gasteiger partial charge in [0.25, 0.3) is 0 Å². The summed E-state index contributed by atoms with van der Waals surface area (Å²) in [5, 5.41) is 2.71. The number of rotatable bonds is 4. The second-order valence-electron chi connectivity index (χ2n) is 4.76. The van der Waals surface area contributed by atoms with Gasteiger partial charge in [0, 0.05) is 24.9 Å². The van der Waals surface area contributed by atoms with E-state index in [9.17, 15) is 9.59 Å². The number of nitrogens with zero attached hydrogens (tertiary/aromatic N) is 2. The lowest BCUT2D eigenvalue weighted by Crippen LogP contribution is -2.62. The predicted octanol–water partition coefficient (Wildman–Crippen LogP) is 0.750. The van der Waals surface area contributed by atoms with Gasteiger partial charge in [-0.3, -0.25) is 14.6 Å². The van der Waals surface area contributed by atoms with Crippen molar-refractivity contribution in [2.75, 3.05) is 6.54 Å². The lowest BCUT2D eigenvalue weighted by molar-refractivity contribution is -0.148. The second-order valence-corrected chi connectivity index (χ2v) is 4.76. The molecule has 1 aliphatic heterocycles. The molecule has 1 aromatic heterocycles. The molecule has 2 heterocycles. The molecule has 1 aliphatic rings. The summed E-state index contributed by atoms with van der Waals surface area (Å²) in [7, 11) is 0. The quantitative estimate of drug-likeness (QED) is 0.870. The van der Waals surface area contributed by atoms with Crippen LogP contribution < -0.4 is 5.32 Å². The van der Waals surface area contributed by atoms with Gasteiger partial charge in [-0.1, -0.05) is 13.0 Å². The topological polar surface area (TPSA) is 62.3 Å². The Hall–Kier alpha value is -1.91. The number of carbonyl (C=O) groups excluding carboxylic acids is 2. The normalized spacial score (nSPS) is 23.4. The molecule has 5 nitrogen and oxygen atoms in total. The largest absolute Gasteiger partial charge is 0.343 e. The van der Waals surface area contributed by atoms with Crippen LogP contribution in [-0.2, 0) is 16.0 Å². The lowest BCUT2D eigenvalue weighted by Gasteiger charge is -2.37. The molecule has 5 heteroatoms. The summed E-state index contributed by atoms with van der Waals surface area (Å²) in [6, 6.07) is 4.93. The molecule has 0 saturated carbocycles. The SMILES string of the molecule is CCC1C(=O)NC(C)C(=O)N1CCc1ccccn1. The second kappa shape index (κ2) is 5.82. The van der Waals surface area contributed by atoms with E-state index in [2.05, 4.69) is 10.3 Å². The molecule has 2 rings (SSSR count). The molecule has 0 aliphatic carbocycles. The first-order valence-electron chi connectivity index (χ1n) is 6.64. The highest BCUT2D eigenvalue weighted by Crippen LogP contribution is 2.13. The van der Waals surface area contributed by atoms with Crippen molar-refractivity contribution >= 4 is 11.8 Å². The Labute approximate surface area is 113 Å². The zero-order valence-corrected chi connectivity index (χ0v) is 11.3. The van der Waals surface area contributed by atoms with E-state index >= 15 is 0 Å². The van der Waals surface area contributed by atoms with E-state index in [1.165, 1.54) is 0 Å². The third kappa shape index (κ3) is 2.92. The molecule has 1 aromatic rings. The van der Waals surface area contributed by atoms with Gasteiger partial charge in [0.15, 0.2) is 0 Å². The Bertz CT molecular complexity index is 461. The van der Waals surface area contributed by atoms with Crippen LogP contribution in [0, 0.1) is 0 Å². The van der Waals surface area contributed by atoms with Crippen LogP contribution in [0.3, 0.4) is 0 Å². The first-order chi connectivity index (χ1) is 9.13. The van der Waals surface area contributed by atoms with Crippen molar-refractivity contribution in [3.8, 4) is 0 Å². The summed E-state index contributed by atoms with van der Waals surface area (Å²) in [4.78, 5) is 30.0. The van der Waals surface area contributed by atoms with Crippen molar-refractivity contribution in [1.82, 2.24) is 15.2 Å². The van der Waals surface area contributed by atoms with E-state index in [0.717, 1.165) is 5.69 Å². The molecule has 19 heavy (non-hydrogen) atoms. The van der Waals surface area contributed by atoms with Gasteiger partial charge < -0.3 is 10.2 Å². The standard InChI is InChI=1S/C14H19N3O2/c1-3-12-13(18)16-10(2)14(19)17(12)9-7-11-6-4-5-8-15-11/h4-6,8,10,12H,3,7,9H2,1-2H3,(H,16,18). The molecular weight excluding hydrogens is 242 g/mol. The summed E-state index contributed by atoms with van der Waals surface area (Å²) < 4.78 is 0. The van der Waals surface area contributed by atoms with Crippen molar-refractivity contribution in [2.24, 2.45) is 0 Å². The maximum Gasteiger partial charge on any atom is 0.245 e. The fraction of sp³-hybridized carbons (Fsp3) is 0.500. The molecule has 2 unspecified atom stereocenters. The highest BCUT2D eigenvalue weighted by Gasteiger charge is 2.36. The average molecular weight is 261 g/mol. The van der Waals surface area contributed by atoms with Crippen LogP contribution in [0.5, 0.6) is 0 Å². The van der Waals surface area contributed by atoms with E-state index in [4.69, 9.17) is 0 Å². The molecular formula is C14H19N3O2. The van der Waals surface area contributed by atoms with Crippen LogP contribution in [0.15, 0.2) is 24.4 Å². The molecule has 1 saturated heterocycles. The maximum absolute atomic E-state index is 12.2. The minimum absolute atomic E-state index is 0.0117. The number of amides is 2. The van der Waals surface area contributed by atoms with Gasteiger partial charge in [-0.05, 0) is 25.5 Å². The van der Waals surface area contributed by atoms with E-state index in [1.54, 1.807) is 18.0 Å². The molecule has 0 bridgehead atoms. The van der Waals surface area contributed by atoms with Crippen LogP contribution in [0.25, 0.3) is 0 Å². The third-order valence-corrected chi connectivity index (χ3v) is 3.41. The van der Waals surface area contributed by atoms with Crippen molar-refractivity contribution in [2.45, 2.75) is 38.8 Å². The zero-order chi connectivity index (χ0) is 13.8. The van der Waals surface area contributed by atoms with Crippen LogP contribution >= 0.6 is 0 Å². The van der Waals surface area contributed by atoms with Crippen LogP contribution in [0.2, 0.25) is 0 Å². The Morgan fingerprint density at radius 1 is 1.37 bits per heavy atom. The van der Waals surface area contributed by atoms with Gasteiger partial charge in [0.2, 0.25) is 11.8 Å². The van der Waals surface area contributed by atoms with Crippen molar-refractivity contribution in [3.63, 3.8) is 0 Å². The van der Waals surface area contributed by atoms with Gasteiger partial charge in [-0.2, -0.15) is 0 Å². The van der Waals surface area contributed by atoms with Crippen molar-refractivity contribution in [3.05, 3.63) is 30.1 Å². The lowest BCUT2D eigenvalue weighted by atomic mass is 10.1. The fourth-order valence-electron chi connectivity index (χ4n) is 2.37. The molecule has 1 N–H and O–H groups in total. The summed E-state index contributed by atoms with van der Waals surface area (Å²) >= 11 is 0. The van der Waals surface area contributed by atoms with Gasteiger partial charge in [-0.25, -0.2) is 0 Å². The van der Waals surface area contributed by atoms with E-state index in [0.29, 0.717) is 19.4 Å². The number of nitrogens with one attached hydrogen (secondary N) is 1. The van der Waals surface area contributed by atoms with Gasteiger partial charge in [0.1, 0.15) is 12.1 Å². The smallest absolute Gasteiger partial charge is 0.245 e. The van der Waals surface area contributed by atoms with E-state index < -0.39 is 6.04 Å². The maximum atomic E-state index is 12.2. The number of piperazine rings is 1. The van der Waals surface area contributed by atoms with Crippen LogP contribution in [0.1, 0.15) is 26.0 Å². The summed E-state index contributed by atoms with van der Waals surface area (Å²) in [5.74, 6) is -0.0713. The zero-order valence-electron chi connectivity index (χ0n) is 11.3. The molecule has 0 spiro atoms. The Morgan fingerprint density at radius 2 is 2.16 bits per heavy atom. The molecule has 1 fully saturated rings. The number of hydrogen-bond donors (Lipinski definition) is 1. The number of aromatic nitrogens is 1. The molecule has 0 aromatic carbocycles. The Morgan fingerprint density at radius 3 is 2.79 bits per heavy atom. The fourth-order valence-corrected chi connectivity index (χ4v) is 2.37. The first-order valence-corrected chi connectivity index (χ1v) is 6.64. The van der Waals surface area contributed by atoms with Gasteiger partial charge in [-0.15, -0.1) is 0 Å². The Kier molecular flexibility index (Phi) is 4.14. The predicted molar refractivity (Wildman–Crippen MR) is 71.3 cm³/mol. The third-order valence-electron chi connectivity index (χ3n) is 3.41. The van der Waals surface area contributed by atoms with Gasteiger partial charge in [0.05, 0.1) is 0 Å². The van der Waals surface area contributed by atoms with Crippen molar-refractivity contribution in [1.29, 1.82) is 0 Å². The minimum atomic E-state index is -0.431. The summed E-state index contributed by atoms with van der Waals surface area (Å²) in [5.41, 5.74) is 0.934. The van der Waals surface area contributed by atoms with Crippen molar-refractivity contribution < 1.29 is 9.59 Å². The monoisotopic (exact) mass is 261 g/mol. The molecule has 0 radical (unpaired) electrons. The Balaban J connectivity index is 2.07. The molecule has 2 amide bonds. The highest BCUT2D eigenvalue weighted by atomic mass is 16.2. The number of pyridine rings is 1. The van der Waals surface area contributed by atoms with E-state index in [1.807, 2.05) is 25.1 Å². The first kappa shape index (κ1) is 13.5. The number of hydrogen-bond acceptors (Lipinski definition) is 3. The van der Waals surface area contributed by atoms with Crippen LogP contribution in [-0.4, -0.2) is 40.3 Å². The molecule has 102 valence electrons.